The Morgan fingerprint density at radius 2 is 1.79 bits per heavy atom. The molecule has 2 aromatic heterocycles. The Kier molecular flexibility index (Phi) is 2.60. The Morgan fingerprint density at radius 1 is 1.00 bits per heavy atom. The summed E-state index contributed by atoms with van der Waals surface area (Å²) < 4.78 is 5.09. The number of phenols is 2. The highest BCUT2D eigenvalue weighted by atomic mass is 16.5. The maximum Gasteiger partial charge on any atom is 0.258 e. The lowest BCUT2D eigenvalue weighted by atomic mass is 10.2. The summed E-state index contributed by atoms with van der Waals surface area (Å²) in [7, 11) is 0. The molecule has 1 aromatic carbocycles. The average Bonchev–Trinajstić information content (AvgIpc) is 2.88. The molecule has 94 valence electrons. The van der Waals surface area contributed by atoms with Gasteiger partial charge in [-0.25, -0.2) is 0 Å². The molecule has 6 nitrogen and oxygen atoms in total. The lowest BCUT2D eigenvalue weighted by molar-refractivity contribution is 0.428. The molecule has 0 amide bonds. The van der Waals surface area contributed by atoms with Crippen LogP contribution in [0.4, 0.5) is 0 Å². The molecule has 2 heterocycles. The number of nitrogens with zero attached hydrogens (tertiary/aromatic N) is 3. The van der Waals surface area contributed by atoms with Crippen molar-refractivity contribution in [2.75, 3.05) is 0 Å². The SMILES string of the molecule is Oc1cc(O)cc(-c2nc(-c3ccccn3)no2)c1. The Morgan fingerprint density at radius 3 is 2.47 bits per heavy atom. The molecule has 19 heavy (non-hydrogen) atoms. The molecule has 0 radical (unpaired) electrons. The van der Waals surface area contributed by atoms with Gasteiger partial charge in [0.2, 0.25) is 5.82 Å². The zero-order valence-corrected chi connectivity index (χ0v) is 9.69. The summed E-state index contributed by atoms with van der Waals surface area (Å²) in [5.74, 6) is 0.394. The van der Waals surface area contributed by atoms with Crippen molar-refractivity contribution in [3.63, 3.8) is 0 Å². The van der Waals surface area contributed by atoms with E-state index >= 15 is 0 Å². The lowest BCUT2D eigenvalue weighted by Crippen LogP contribution is -1.84. The minimum atomic E-state index is -0.0763. The van der Waals surface area contributed by atoms with Crippen LogP contribution >= 0.6 is 0 Å². The van der Waals surface area contributed by atoms with Gasteiger partial charge in [0.05, 0.1) is 0 Å². The third-order valence-electron chi connectivity index (χ3n) is 2.47. The highest BCUT2D eigenvalue weighted by Crippen LogP contribution is 2.28. The van der Waals surface area contributed by atoms with Crippen LogP contribution < -0.4 is 0 Å². The Bertz CT molecular complexity index is 690. The lowest BCUT2D eigenvalue weighted by Gasteiger charge is -1.97. The third-order valence-corrected chi connectivity index (χ3v) is 2.47. The minimum absolute atomic E-state index is 0.0763. The van der Waals surface area contributed by atoms with Crippen molar-refractivity contribution in [1.82, 2.24) is 15.1 Å². The number of hydrogen-bond acceptors (Lipinski definition) is 6. The summed E-state index contributed by atoms with van der Waals surface area (Å²) in [5.41, 5.74) is 1.02. The Labute approximate surface area is 108 Å². The van der Waals surface area contributed by atoms with Crippen molar-refractivity contribution in [3.8, 4) is 34.5 Å². The van der Waals surface area contributed by atoms with Gasteiger partial charge in [-0.05, 0) is 24.3 Å². The predicted molar refractivity (Wildman–Crippen MR) is 66.3 cm³/mol. The summed E-state index contributed by atoms with van der Waals surface area (Å²) in [4.78, 5) is 8.28. The van der Waals surface area contributed by atoms with E-state index in [9.17, 15) is 10.2 Å². The smallest absolute Gasteiger partial charge is 0.258 e. The fraction of sp³-hybridized carbons (Fsp3) is 0. The van der Waals surface area contributed by atoms with Crippen LogP contribution in [0.3, 0.4) is 0 Å². The van der Waals surface area contributed by atoms with E-state index in [1.54, 1.807) is 18.3 Å². The quantitative estimate of drug-likeness (QED) is 0.729. The molecule has 0 spiro atoms. The van der Waals surface area contributed by atoms with Crippen LogP contribution in [0.2, 0.25) is 0 Å². The molecule has 0 atom stereocenters. The standard InChI is InChI=1S/C13H9N3O3/c17-9-5-8(6-10(18)7-9)13-15-12(16-19-13)11-3-1-2-4-14-11/h1-7,17-18H. The van der Waals surface area contributed by atoms with Crippen LogP contribution in [0.25, 0.3) is 23.0 Å². The van der Waals surface area contributed by atoms with E-state index in [1.165, 1.54) is 18.2 Å². The van der Waals surface area contributed by atoms with Gasteiger partial charge in [0.1, 0.15) is 17.2 Å². The highest BCUT2D eigenvalue weighted by Gasteiger charge is 2.12. The molecular formula is C13H9N3O3. The van der Waals surface area contributed by atoms with Crippen LogP contribution in [-0.2, 0) is 0 Å². The first-order valence-electron chi connectivity index (χ1n) is 5.51. The molecule has 2 N–H and O–H groups in total. The van der Waals surface area contributed by atoms with Crippen molar-refractivity contribution in [3.05, 3.63) is 42.6 Å². The molecule has 0 aliphatic rings. The Balaban J connectivity index is 2.02. The van der Waals surface area contributed by atoms with Gasteiger partial charge >= 0.3 is 0 Å². The number of aromatic nitrogens is 3. The Hall–Kier alpha value is -2.89. The number of phenolic OH excluding ortho intramolecular Hbond substituents is 2. The van der Waals surface area contributed by atoms with E-state index in [-0.39, 0.29) is 17.4 Å². The molecule has 3 rings (SSSR count). The van der Waals surface area contributed by atoms with Crippen LogP contribution in [0.5, 0.6) is 11.5 Å². The van der Waals surface area contributed by atoms with Gasteiger partial charge in [0.15, 0.2) is 0 Å². The first-order valence-corrected chi connectivity index (χ1v) is 5.51. The number of aromatic hydroxyl groups is 2. The van der Waals surface area contributed by atoms with Crippen LogP contribution in [-0.4, -0.2) is 25.3 Å². The van der Waals surface area contributed by atoms with Gasteiger partial charge in [-0.1, -0.05) is 11.2 Å². The van der Waals surface area contributed by atoms with Crippen molar-refractivity contribution in [2.24, 2.45) is 0 Å². The zero-order valence-electron chi connectivity index (χ0n) is 9.69. The average molecular weight is 255 g/mol. The summed E-state index contributed by atoms with van der Waals surface area (Å²) in [6.07, 6.45) is 1.63. The van der Waals surface area contributed by atoms with Gasteiger partial charge < -0.3 is 14.7 Å². The molecule has 3 aromatic rings. The first-order chi connectivity index (χ1) is 9.22. The van der Waals surface area contributed by atoms with Crippen LogP contribution in [0, 0.1) is 0 Å². The maximum absolute atomic E-state index is 9.42. The summed E-state index contributed by atoms with van der Waals surface area (Å²) in [6.45, 7) is 0. The zero-order chi connectivity index (χ0) is 13.2. The third kappa shape index (κ3) is 2.23. The highest BCUT2D eigenvalue weighted by molar-refractivity contribution is 5.61. The van der Waals surface area contributed by atoms with E-state index in [2.05, 4.69) is 15.1 Å². The van der Waals surface area contributed by atoms with Gasteiger partial charge in [0.25, 0.3) is 5.89 Å². The number of hydrogen-bond donors (Lipinski definition) is 2. The molecule has 0 fully saturated rings. The normalized spacial score (nSPS) is 10.5. The van der Waals surface area contributed by atoms with Crippen molar-refractivity contribution >= 4 is 0 Å². The fourth-order valence-corrected chi connectivity index (χ4v) is 1.66. The van der Waals surface area contributed by atoms with Crippen molar-refractivity contribution < 1.29 is 14.7 Å². The molecule has 0 saturated carbocycles. The largest absolute Gasteiger partial charge is 0.508 e. The summed E-state index contributed by atoms with van der Waals surface area (Å²) >= 11 is 0. The molecule has 0 aliphatic carbocycles. The molecule has 0 unspecified atom stereocenters. The number of rotatable bonds is 2. The summed E-state index contributed by atoms with van der Waals surface area (Å²) in [6, 6.07) is 9.44. The molecule has 0 saturated heterocycles. The van der Waals surface area contributed by atoms with E-state index in [4.69, 9.17) is 4.52 Å². The summed E-state index contributed by atoms with van der Waals surface area (Å²) in [5, 5.41) is 22.6. The number of pyridine rings is 1. The predicted octanol–water partition coefficient (Wildman–Crippen LogP) is 2.21. The minimum Gasteiger partial charge on any atom is -0.508 e. The van der Waals surface area contributed by atoms with Crippen molar-refractivity contribution in [1.29, 1.82) is 0 Å². The topological polar surface area (TPSA) is 92.3 Å². The van der Waals surface area contributed by atoms with E-state index < -0.39 is 0 Å². The number of benzene rings is 1. The maximum atomic E-state index is 9.42. The van der Waals surface area contributed by atoms with E-state index in [1.807, 2.05) is 6.07 Å². The van der Waals surface area contributed by atoms with Gasteiger partial charge in [-0.3, -0.25) is 4.98 Å². The van der Waals surface area contributed by atoms with E-state index in [0.29, 0.717) is 17.1 Å². The van der Waals surface area contributed by atoms with Crippen molar-refractivity contribution in [2.45, 2.75) is 0 Å². The second kappa shape index (κ2) is 4.41. The molecular weight excluding hydrogens is 246 g/mol. The van der Waals surface area contributed by atoms with Crippen LogP contribution in [0.1, 0.15) is 0 Å². The fourth-order valence-electron chi connectivity index (χ4n) is 1.66. The van der Waals surface area contributed by atoms with Crippen LogP contribution in [0.15, 0.2) is 47.1 Å². The second-order valence-electron chi connectivity index (χ2n) is 3.88. The molecule has 0 aliphatic heterocycles. The first kappa shape index (κ1) is 11.2. The van der Waals surface area contributed by atoms with Gasteiger partial charge in [-0.2, -0.15) is 4.98 Å². The van der Waals surface area contributed by atoms with Gasteiger partial charge in [0, 0.05) is 17.8 Å². The van der Waals surface area contributed by atoms with Gasteiger partial charge in [-0.15, -0.1) is 0 Å². The monoisotopic (exact) mass is 255 g/mol. The molecule has 6 heteroatoms. The van der Waals surface area contributed by atoms with E-state index in [0.717, 1.165) is 0 Å². The second-order valence-corrected chi connectivity index (χ2v) is 3.88. The molecule has 0 bridgehead atoms.